The highest BCUT2D eigenvalue weighted by molar-refractivity contribution is 7.29. The smallest absolute Gasteiger partial charge is 0.264 e. The number of aromatic nitrogens is 1. The molecule has 142 valence electrons. The fraction of sp³-hybridized carbons (Fsp3) is 0.368. The van der Waals surface area contributed by atoms with E-state index in [0.29, 0.717) is 13.1 Å². The number of anilines is 2. The summed E-state index contributed by atoms with van der Waals surface area (Å²) in [4.78, 5) is 21.0. The maximum absolute atomic E-state index is 12.8. The number of nitrogens with one attached hydrogen (secondary N) is 1. The van der Waals surface area contributed by atoms with Gasteiger partial charge in [0, 0.05) is 13.1 Å². The van der Waals surface area contributed by atoms with Crippen LogP contribution >= 0.6 is 22.7 Å². The second kappa shape index (κ2) is 7.46. The summed E-state index contributed by atoms with van der Waals surface area (Å²) in [7, 11) is 1.65. The Morgan fingerprint density at radius 1 is 1.26 bits per heavy atom. The van der Waals surface area contributed by atoms with Gasteiger partial charge in [-0.1, -0.05) is 23.5 Å². The van der Waals surface area contributed by atoms with Crippen LogP contribution in [0.2, 0.25) is 0 Å². The van der Waals surface area contributed by atoms with Gasteiger partial charge in [-0.25, -0.2) is 4.98 Å². The van der Waals surface area contributed by atoms with Crippen LogP contribution in [0, 0.1) is 0 Å². The molecule has 1 amide bonds. The molecule has 3 heterocycles. The average Bonchev–Trinajstić information content (AvgIpc) is 3.19. The molecule has 0 radical (unpaired) electrons. The number of amides is 1. The number of nitrogens with zero attached hydrogens (tertiary/aromatic N) is 2. The van der Waals surface area contributed by atoms with Gasteiger partial charge in [0.25, 0.3) is 5.91 Å². The van der Waals surface area contributed by atoms with Gasteiger partial charge in [-0.15, -0.1) is 11.3 Å². The van der Waals surface area contributed by atoms with Gasteiger partial charge in [-0.05, 0) is 32.0 Å². The molecule has 6 nitrogen and oxygen atoms in total. The summed E-state index contributed by atoms with van der Waals surface area (Å²) in [6.07, 6.45) is 0.127. The number of para-hydroxylation sites is 2. The number of carbonyl (C=O) groups is 1. The van der Waals surface area contributed by atoms with Crippen molar-refractivity contribution >= 4 is 48.9 Å². The number of thiazole rings is 1. The Morgan fingerprint density at radius 3 is 2.70 bits per heavy atom. The van der Waals surface area contributed by atoms with E-state index in [1.165, 1.54) is 22.7 Å². The Bertz CT molecular complexity index is 927. The van der Waals surface area contributed by atoms with E-state index in [-0.39, 0.29) is 18.1 Å². The molecule has 0 unspecified atom stereocenters. The van der Waals surface area contributed by atoms with E-state index >= 15 is 0 Å². The molecular formula is C19H21N3O3S2. The first-order valence-corrected chi connectivity index (χ1v) is 10.4. The third kappa shape index (κ3) is 3.78. The summed E-state index contributed by atoms with van der Waals surface area (Å²) in [5.74, 6) is 0.828. The standard InChI is InChI=1S/C19H21N3O3S2/c1-11-9-22(10-12(2)25-11)18(23)16-8-15-17(26-16)21-19(27-15)20-13-6-4-5-7-14(13)24-3/h4-8,11-12H,9-10H2,1-3H3,(H,20,21)/t11-,12-/m1/s1. The fourth-order valence-corrected chi connectivity index (χ4v) is 5.35. The molecular weight excluding hydrogens is 382 g/mol. The van der Waals surface area contributed by atoms with Crippen LogP contribution in [-0.2, 0) is 4.74 Å². The van der Waals surface area contributed by atoms with Gasteiger partial charge >= 0.3 is 0 Å². The number of hydrogen-bond acceptors (Lipinski definition) is 7. The lowest BCUT2D eigenvalue weighted by atomic mass is 10.2. The Hall–Kier alpha value is -2.16. The minimum atomic E-state index is 0.0615. The van der Waals surface area contributed by atoms with Gasteiger partial charge in [-0.2, -0.15) is 0 Å². The molecule has 1 aromatic carbocycles. The Morgan fingerprint density at radius 2 is 2.00 bits per heavy atom. The second-order valence-electron chi connectivity index (χ2n) is 6.59. The molecule has 0 saturated carbocycles. The first-order valence-electron chi connectivity index (χ1n) is 8.78. The van der Waals surface area contributed by atoms with Crippen LogP contribution < -0.4 is 10.1 Å². The van der Waals surface area contributed by atoms with E-state index in [1.807, 2.05) is 49.1 Å². The van der Waals surface area contributed by atoms with Crippen molar-refractivity contribution in [1.29, 1.82) is 0 Å². The zero-order chi connectivity index (χ0) is 19.0. The van der Waals surface area contributed by atoms with Crippen molar-refractivity contribution in [2.75, 3.05) is 25.5 Å². The topological polar surface area (TPSA) is 63.7 Å². The van der Waals surface area contributed by atoms with Crippen LogP contribution in [0.1, 0.15) is 23.5 Å². The molecule has 8 heteroatoms. The number of hydrogen-bond donors (Lipinski definition) is 1. The number of fused-ring (bicyclic) bond motifs is 1. The van der Waals surface area contributed by atoms with Crippen molar-refractivity contribution < 1.29 is 14.3 Å². The minimum Gasteiger partial charge on any atom is -0.495 e. The van der Waals surface area contributed by atoms with E-state index < -0.39 is 0 Å². The third-order valence-corrected chi connectivity index (χ3v) is 6.42. The number of rotatable bonds is 4. The summed E-state index contributed by atoms with van der Waals surface area (Å²) < 4.78 is 12.1. The number of morpholine rings is 1. The number of benzene rings is 1. The van der Waals surface area contributed by atoms with Crippen LogP contribution in [0.25, 0.3) is 9.53 Å². The van der Waals surface area contributed by atoms with Crippen molar-refractivity contribution in [2.45, 2.75) is 26.1 Å². The average molecular weight is 404 g/mol. The zero-order valence-corrected chi connectivity index (χ0v) is 17.0. The lowest BCUT2D eigenvalue weighted by molar-refractivity contribution is -0.0585. The number of ether oxygens (including phenoxy) is 2. The second-order valence-corrected chi connectivity index (χ2v) is 8.65. The number of thiophene rings is 1. The Kier molecular flexibility index (Phi) is 5.03. The molecule has 1 saturated heterocycles. The predicted molar refractivity (Wildman–Crippen MR) is 110 cm³/mol. The molecule has 0 bridgehead atoms. The van der Waals surface area contributed by atoms with Crippen molar-refractivity contribution in [3.05, 3.63) is 35.2 Å². The summed E-state index contributed by atoms with van der Waals surface area (Å²) >= 11 is 2.97. The molecule has 3 aromatic rings. The Balaban J connectivity index is 1.53. The lowest BCUT2D eigenvalue weighted by Gasteiger charge is -2.35. The molecule has 1 aliphatic rings. The van der Waals surface area contributed by atoms with Gasteiger partial charge < -0.3 is 19.7 Å². The number of carbonyl (C=O) groups excluding carboxylic acids is 1. The molecule has 1 N–H and O–H groups in total. The predicted octanol–water partition coefficient (Wildman–Crippen LogP) is 4.36. The van der Waals surface area contributed by atoms with E-state index in [1.54, 1.807) is 7.11 Å². The quantitative estimate of drug-likeness (QED) is 0.701. The van der Waals surface area contributed by atoms with E-state index in [4.69, 9.17) is 9.47 Å². The van der Waals surface area contributed by atoms with Crippen molar-refractivity contribution in [3.63, 3.8) is 0 Å². The fourth-order valence-electron chi connectivity index (χ4n) is 3.26. The van der Waals surface area contributed by atoms with E-state index in [2.05, 4.69) is 10.3 Å². The van der Waals surface area contributed by atoms with Gasteiger partial charge in [0.15, 0.2) is 5.13 Å². The van der Waals surface area contributed by atoms with Gasteiger partial charge in [0.1, 0.15) is 10.6 Å². The SMILES string of the molecule is COc1ccccc1Nc1nc2sc(C(=O)N3C[C@@H](C)O[C@H](C)C3)cc2s1. The molecule has 27 heavy (non-hydrogen) atoms. The van der Waals surface area contributed by atoms with Crippen molar-refractivity contribution in [2.24, 2.45) is 0 Å². The van der Waals surface area contributed by atoms with Crippen LogP contribution in [0.5, 0.6) is 5.75 Å². The highest BCUT2D eigenvalue weighted by atomic mass is 32.1. The molecule has 1 aliphatic heterocycles. The van der Waals surface area contributed by atoms with Gasteiger partial charge in [0.05, 0.1) is 34.6 Å². The normalized spacial score (nSPS) is 20.0. The monoisotopic (exact) mass is 403 g/mol. The summed E-state index contributed by atoms with van der Waals surface area (Å²) in [5, 5.41) is 4.09. The van der Waals surface area contributed by atoms with Gasteiger partial charge in [0.2, 0.25) is 0 Å². The maximum atomic E-state index is 12.8. The van der Waals surface area contributed by atoms with Crippen LogP contribution in [-0.4, -0.2) is 48.2 Å². The molecule has 0 spiro atoms. The van der Waals surface area contributed by atoms with Gasteiger partial charge in [-0.3, -0.25) is 4.79 Å². The summed E-state index contributed by atoms with van der Waals surface area (Å²) in [6.45, 7) is 5.26. The highest BCUT2D eigenvalue weighted by Gasteiger charge is 2.28. The third-order valence-electron chi connectivity index (χ3n) is 4.36. The first kappa shape index (κ1) is 18.2. The highest BCUT2D eigenvalue weighted by Crippen LogP contribution is 2.36. The first-order chi connectivity index (χ1) is 13.0. The van der Waals surface area contributed by atoms with Crippen molar-refractivity contribution in [3.8, 4) is 5.75 Å². The van der Waals surface area contributed by atoms with E-state index in [0.717, 1.165) is 31.0 Å². The van der Waals surface area contributed by atoms with Crippen LogP contribution in [0.4, 0.5) is 10.8 Å². The van der Waals surface area contributed by atoms with E-state index in [9.17, 15) is 4.79 Å². The minimum absolute atomic E-state index is 0.0615. The van der Waals surface area contributed by atoms with Crippen LogP contribution in [0.3, 0.4) is 0 Å². The van der Waals surface area contributed by atoms with Crippen LogP contribution in [0.15, 0.2) is 30.3 Å². The molecule has 0 aliphatic carbocycles. The molecule has 1 fully saturated rings. The zero-order valence-electron chi connectivity index (χ0n) is 15.4. The maximum Gasteiger partial charge on any atom is 0.264 e. The summed E-state index contributed by atoms with van der Waals surface area (Å²) in [6, 6.07) is 9.67. The molecule has 2 aromatic heterocycles. The Labute approximate surface area is 165 Å². The molecule has 2 atom stereocenters. The number of methoxy groups -OCH3 is 1. The van der Waals surface area contributed by atoms with Crippen molar-refractivity contribution in [1.82, 2.24) is 9.88 Å². The summed E-state index contributed by atoms with van der Waals surface area (Å²) in [5.41, 5.74) is 0.869. The lowest BCUT2D eigenvalue weighted by Crippen LogP contribution is -2.48. The largest absolute Gasteiger partial charge is 0.495 e. The molecule has 4 rings (SSSR count).